The Bertz CT molecular complexity index is 608. The van der Waals surface area contributed by atoms with Crippen molar-refractivity contribution in [3.63, 3.8) is 0 Å². The van der Waals surface area contributed by atoms with E-state index in [1.54, 1.807) is 0 Å². The summed E-state index contributed by atoms with van der Waals surface area (Å²) in [6.07, 6.45) is 3.90. The third-order valence-electron chi connectivity index (χ3n) is 3.23. The molecule has 0 aliphatic carbocycles. The Morgan fingerprint density at radius 1 is 1.25 bits per heavy atom. The number of carbonyl (C=O) groups excluding carboxylic acids is 1. The highest BCUT2D eigenvalue weighted by atomic mass is 16.5. The van der Waals surface area contributed by atoms with Crippen molar-refractivity contribution in [2.24, 2.45) is 0 Å². The van der Waals surface area contributed by atoms with Crippen molar-refractivity contribution in [3.05, 3.63) is 30.2 Å². The van der Waals surface area contributed by atoms with Crippen LogP contribution in [0.25, 0.3) is 11.3 Å². The lowest BCUT2D eigenvalue weighted by atomic mass is 10.2. The third kappa shape index (κ3) is 2.61. The zero-order chi connectivity index (χ0) is 14.9. The first-order valence-corrected chi connectivity index (χ1v) is 6.79. The second-order valence-corrected chi connectivity index (χ2v) is 5.38. The van der Waals surface area contributed by atoms with E-state index >= 15 is 0 Å². The lowest BCUT2D eigenvalue weighted by molar-refractivity contribution is 0.0587. The first-order valence-electron chi connectivity index (χ1n) is 6.79. The number of hydrogen-bond donors (Lipinski definition) is 0. The number of aromatic nitrogens is 3. The van der Waals surface area contributed by atoms with E-state index < -0.39 is 0 Å². The quantitative estimate of drug-likeness (QED) is 0.804. The van der Waals surface area contributed by atoms with Crippen LogP contribution in [0.2, 0.25) is 0 Å². The van der Waals surface area contributed by atoms with Gasteiger partial charge >= 0.3 is 5.97 Å². The summed E-state index contributed by atoms with van der Waals surface area (Å²) in [4.78, 5) is 11.8. The van der Waals surface area contributed by atoms with Gasteiger partial charge in [0.25, 0.3) is 0 Å². The second kappa shape index (κ2) is 5.53. The van der Waals surface area contributed by atoms with E-state index in [0.717, 1.165) is 11.3 Å². The Labute approximate surface area is 119 Å². The molecule has 0 fully saturated rings. The number of carbonyl (C=O) groups is 1. The fourth-order valence-electron chi connectivity index (χ4n) is 2.09. The Balaban J connectivity index is 2.44. The number of nitrogens with zero attached hydrogens (tertiary/aromatic N) is 3. The Morgan fingerprint density at radius 2 is 1.95 bits per heavy atom. The minimum absolute atomic E-state index is 0.185. The van der Waals surface area contributed by atoms with Crippen LogP contribution in [0, 0.1) is 0 Å². The maximum Gasteiger partial charge on any atom is 0.354 e. The summed E-state index contributed by atoms with van der Waals surface area (Å²) >= 11 is 0. The molecule has 2 aromatic heterocycles. The molecule has 5 heteroatoms. The van der Waals surface area contributed by atoms with E-state index in [0.29, 0.717) is 11.7 Å². The van der Waals surface area contributed by atoms with Crippen LogP contribution in [-0.2, 0) is 4.74 Å². The van der Waals surface area contributed by atoms with Crippen LogP contribution in [0.1, 0.15) is 50.3 Å². The number of esters is 1. The molecule has 0 radical (unpaired) electrons. The van der Waals surface area contributed by atoms with Gasteiger partial charge in [-0.2, -0.15) is 5.10 Å². The van der Waals surface area contributed by atoms with Crippen molar-refractivity contribution in [1.29, 1.82) is 0 Å². The summed E-state index contributed by atoms with van der Waals surface area (Å²) in [5.74, 6) is -0.326. The van der Waals surface area contributed by atoms with Gasteiger partial charge in [-0.05, 0) is 39.8 Å². The Morgan fingerprint density at radius 3 is 2.45 bits per heavy atom. The zero-order valence-electron chi connectivity index (χ0n) is 12.6. The Hall–Kier alpha value is -2.04. The van der Waals surface area contributed by atoms with E-state index in [2.05, 4.69) is 18.9 Å². The summed E-state index contributed by atoms with van der Waals surface area (Å²) in [5.41, 5.74) is 2.35. The lowest BCUT2D eigenvalue weighted by Gasteiger charge is -2.10. The van der Waals surface area contributed by atoms with E-state index in [4.69, 9.17) is 4.74 Å². The summed E-state index contributed by atoms with van der Waals surface area (Å²) in [7, 11) is 1.40. The van der Waals surface area contributed by atoms with Gasteiger partial charge in [-0.25, -0.2) is 4.79 Å². The van der Waals surface area contributed by atoms with Gasteiger partial charge in [0, 0.05) is 30.0 Å². The lowest BCUT2D eigenvalue weighted by Crippen LogP contribution is -2.11. The largest absolute Gasteiger partial charge is 0.464 e. The van der Waals surface area contributed by atoms with Gasteiger partial charge in [-0.1, -0.05) is 0 Å². The maximum absolute atomic E-state index is 11.8. The molecule has 0 saturated heterocycles. The molecule has 0 atom stereocenters. The van der Waals surface area contributed by atoms with Gasteiger partial charge in [0.05, 0.1) is 12.8 Å². The fraction of sp³-hybridized carbons (Fsp3) is 0.467. The molecule has 0 bridgehead atoms. The molecule has 5 nitrogen and oxygen atoms in total. The van der Waals surface area contributed by atoms with Gasteiger partial charge in [0.15, 0.2) is 0 Å². The minimum Gasteiger partial charge on any atom is -0.464 e. The minimum atomic E-state index is -0.326. The molecule has 2 heterocycles. The van der Waals surface area contributed by atoms with Gasteiger partial charge < -0.3 is 9.30 Å². The van der Waals surface area contributed by atoms with Gasteiger partial charge in [-0.15, -0.1) is 0 Å². The molecule has 0 spiro atoms. The highest BCUT2D eigenvalue weighted by Crippen LogP contribution is 2.24. The van der Waals surface area contributed by atoms with Crippen LogP contribution >= 0.6 is 0 Å². The van der Waals surface area contributed by atoms with Gasteiger partial charge in [0.1, 0.15) is 5.69 Å². The molecule has 0 N–H and O–H groups in total. The molecule has 0 saturated carbocycles. The molecular formula is C15H21N3O2. The highest BCUT2D eigenvalue weighted by Gasteiger charge is 2.18. The molecule has 0 aliphatic heterocycles. The maximum atomic E-state index is 11.8. The molecule has 108 valence electrons. The van der Waals surface area contributed by atoms with Crippen molar-refractivity contribution in [3.8, 4) is 11.3 Å². The van der Waals surface area contributed by atoms with Crippen LogP contribution in [0.15, 0.2) is 24.5 Å². The molecule has 0 aromatic carbocycles. The summed E-state index contributed by atoms with van der Waals surface area (Å²) in [5, 5.41) is 4.53. The predicted octanol–water partition coefficient (Wildman–Crippen LogP) is 3.30. The van der Waals surface area contributed by atoms with Crippen molar-refractivity contribution in [2.45, 2.75) is 39.8 Å². The van der Waals surface area contributed by atoms with Crippen LogP contribution in [0.3, 0.4) is 0 Å². The molecule has 0 amide bonds. The highest BCUT2D eigenvalue weighted by molar-refractivity contribution is 5.89. The number of methoxy groups -OCH3 is 1. The number of ether oxygens (including phenoxy) is 1. The van der Waals surface area contributed by atoms with E-state index in [1.807, 2.05) is 47.6 Å². The van der Waals surface area contributed by atoms with Crippen LogP contribution in [-0.4, -0.2) is 27.4 Å². The van der Waals surface area contributed by atoms with E-state index in [-0.39, 0.29) is 12.0 Å². The normalized spacial score (nSPS) is 11.3. The van der Waals surface area contributed by atoms with Crippen LogP contribution in [0.5, 0.6) is 0 Å². The summed E-state index contributed by atoms with van der Waals surface area (Å²) in [6.45, 7) is 8.22. The molecule has 2 rings (SSSR count). The summed E-state index contributed by atoms with van der Waals surface area (Å²) < 4.78 is 8.65. The van der Waals surface area contributed by atoms with Crippen molar-refractivity contribution in [1.82, 2.24) is 14.3 Å². The average Bonchev–Trinajstić information content (AvgIpc) is 3.03. The predicted molar refractivity (Wildman–Crippen MR) is 77.8 cm³/mol. The van der Waals surface area contributed by atoms with Crippen molar-refractivity contribution >= 4 is 5.97 Å². The van der Waals surface area contributed by atoms with Gasteiger partial charge in [0.2, 0.25) is 0 Å². The molecule has 2 aromatic rings. The Kier molecular flexibility index (Phi) is 3.97. The third-order valence-corrected chi connectivity index (χ3v) is 3.23. The summed E-state index contributed by atoms with van der Waals surface area (Å²) in [6, 6.07) is 4.29. The average molecular weight is 275 g/mol. The topological polar surface area (TPSA) is 49.1 Å². The fourth-order valence-corrected chi connectivity index (χ4v) is 2.09. The smallest absolute Gasteiger partial charge is 0.354 e. The van der Waals surface area contributed by atoms with Crippen molar-refractivity contribution in [2.75, 3.05) is 7.11 Å². The number of hydrogen-bond acceptors (Lipinski definition) is 3. The van der Waals surface area contributed by atoms with Crippen molar-refractivity contribution < 1.29 is 9.53 Å². The monoisotopic (exact) mass is 275 g/mol. The molecule has 0 aliphatic rings. The molecule has 0 unspecified atom stereocenters. The second-order valence-electron chi connectivity index (χ2n) is 5.38. The molecule has 20 heavy (non-hydrogen) atoms. The zero-order valence-corrected chi connectivity index (χ0v) is 12.6. The first-order chi connectivity index (χ1) is 9.43. The standard InChI is InChI=1S/C15H21N3O2/c1-10(2)17-9-12(8-14(17)15(19)20-5)13-6-7-18(16-13)11(3)4/h6-11H,1-5H3. The first kappa shape index (κ1) is 14.4. The molecular weight excluding hydrogens is 254 g/mol. The van der Waals surface area contributed by atoms with E-state index in [1.165, 1.54) is 7.11 Å². The van der Waals surface area contributed by atoms with Gasteiger partial charge in [-0.3, -0.25) is 4.68 Å². The van der Waals surface area contributed by atoms with E-state index in [9.17, 15) is 4.79 Å². The SMILES string of the molecule is COC(=O)c1cc(-c2ccn(C(C)C)n2)cn1C(C)C. The van der Waals surface area contributed by atoms with Crippen LogP contribution in [0.4, 0.5) is 0 Å². The number of rotatable bonds is 4. The van der Waals surface area contributed by atoms with Crippen LogP contribution < -0.4 is 0 Å².